The minimum Gasteiger partial charge on any atom is -0.317 e. The lowest BCUT2D eigenvalue weighted by molar-refractivity contribution is 0.0997. The van der Waals surface area contributed by atoms with Crippen LogP contribution in [0.25, 0.3) is 10.2 Å². The number of thiazole rings is 1. The molecule has 22 heavy (non-hydrogen) atoms. The van der Waals surface area contributed by atoms with E-state index < -0.39 is 0 Å². The normalized spacial score (nSPS) is 12.0. The molecule has 0 aliphatic heterocycles. The Labute approximate surface area is 131 Å². The van der Waals surface area contributed by atoms with E-state index in [0.29, 0.717) is 16.9 Å². The number of amides is 1. The van der Waals surface area contributed by atoms with Crippen molar-refractivity contribution in [3.8, 4) is 0 Å². The van der Waals surface area contributed by atoms with Crippen molar-refractivity contribution in [3.63, 3.8) is 0 Å². The number of aromatic nitrogens is 1. The molecule has 0 atom stereocenters. The summed E-state index contributed by atoms with van der Waals surface area (Å²) >= 11 is 1.33. The second-order valence-corrected chi connectivity index (χ2v) is 5.98. The van der Waals surface area contributed by atoms with Crippen LogP contribution >= 0.6 is 11.3 Å². The average molecular weight is 314 g/mol. The van der Waals surface area contributed by atoms with Gasteiger partial charge in [0.2, 0.25) is 0 Å². The van der Waals surface area contributed by atoms with Crippen LogP contribution in [0.2, 0.25) is 0 Å². The summed E-state index contributed by atoms with van der Waals surface area (Å²) in [6.45, 7) is 4.54. The van der Waals surface area contributed by atoms with Crippen LogP contribution in [-0.2, 0) is 6.54 Å². The summed E-state index contributed by atoms with van der Waals surface area (Å²) in [7, 11) is 0. The van der Waals surface area contributed by atoms with Gasteiger partial charge in [0.25, 0.3) is 5.91 Å². The fourth-order valence-electron chi connectivity index (χ4n) is 2.40. The van der Waals surface area contributed by atoms with Gasteiger partial charge in [-0.15, -0.1) is 0 Å². The number of carbonyl (C=O) groups excluding carboxylic acids is 1. The standard InChI is InChI=1S/C17H15FN2OS/c1-3-20-14-9-8-12(18)10-15(14)22-17(20)19-16(21)13-7-5-4-6-11(13)2/h4-10H,3H2,1-2H3. The molecule has 3 aromatic rings. The summed E-state index contributed by atoms with van der Waals surface area (Å²) in [6.07, 6.45) is 0. The number of fused-ring (bicyclic) bond motifs is 1. The third-order valence-electron chi connectivity index (χ3n) is 3.53. The summed E-state index contributed by atoms with van der Waals surface area (Å²) in [4.78, 5) is 17.2. The van der Waals surface area contributed by atoms with Crippen molar-refractivity contribution in [1.82, 2.24) is 4.57 Å². The van der Waals surface area contributed by atoms with E-state index in [1.807, 2.05) is 36.6 Å². The first kappa shape index (κ1) is 14.7. The minimum absolute atomic E-state index is 0.271. The Kier molecular flexibility index (Phi) is 3.90. The van der Waals surface area contributed by atoms with Crippen LogP contribution in [0.3, 0.4) is 0 Å². The number of nitrogens with zero attached hydrogens (tertiary/aromatic N) is 2. The zero-order valence-electron chi connectivity index (χ0n) is 12.3. The molecule has 0 saturated heterocycles. The molecule has 0 saturated carbocycles. The first-order valence-corrected chi connectivity index (χ1v) is 7.85. The Balaban J connectivity index is 2.17. The molecule has 2 aromatic carbocycles. The Morgan fingerprint density at radius 2 is 2.05 bits per heavy atom. The smallest absolute Gasteiger partial charge is 0.279 e. The molecule has 0 N–H and O–H groups in total. The highest BCUT2D eigenvalue weighted by Gasteiger charge is 2.10. The van der Waals surface area contributed by atoms with Crippen LogP contribution in [0.15, 0.2) is 47.5 Å². The van der Waals surface area contributed by atoms with Gasteiger partial charge >= 0.3 is 0 Å². The maximum Gasteiger partial charge on any atom is 0.279 e. The van der Waals surface area contributed by atoms with Gasteiger partial charge in [0, 0.05) is 12.1 Å². The SMILES string of the molecule is CCn1c(=NC(=O)c2ccccc2C)sc2cc(F)ccc21. The van der Waals surface area contributed by atoms with E-state index in [9.17, 15) is 9.18 Å². The van der Waals surface area contributed by atoms with Crippen molar-refractivity contribution in [2.45, 2.75) is 20.4 Å². The third-order valence-corrected chi connectivity index (χ3v) is 4.57. The number of halogens is 1. The summed E-state index contributed by atoms with van der Waals surface area (Å²) in [5.74, 6) is -0.555. The molecule has 112 valence electrons. The Morgan fingerprint density at radius 3 is 2.77 bits per heavy atom. The Bertz CT molecular complexity index is 924. The molecule has 1 heterocycles. The van der Waals surface area contributed by atoms with Gasteiger partial charge in [0.1, 0.15) is 5.82 Å². The summed E-state index contributed by atoms with van der Waals surface area (Å²) in [5, 5.41) is 0. The zero-order chi connectivity index (χ0) is 15.7. The Hall–Kier alpha value is -2.27. The van der Waals surface area contributed by atoms with Crippen LogP contribution in [0.5, 0.6) is 0 Å². The quantitative estimate of drug-likeness (QED) is 0.706. The van der Waals surface area contributed by atoms with E-state index >= 15 is 0 Å². The first-order chi connectivity index (χ1) is 10.6. The number of carbonyl (C=O) groups is 1. The largest absolute Gasteiger partial charge is 0.317 e. The van der Waals surface area contributed by atoms with Gasteiger partial charge in [0.15, 0.2) is 4.80 Å². The Morgan fingerprint density at radius 1 is 1.27 bits per heavy atom. The molecule has 0 aliphatic carbocycles. The molecule has 1 amide bonds. The third kappa shape index (κ3) is 2.60. The molecule has 0 bridgehead atoms. The maximum atomic E-state index is 13.4. The summed E-state index contributed by atoms with van der Waals surface area (Å²) in [5.41, 5.74) is 2.38. The van der Waals surface area contributed by atoms with E-state index in [1.54, 1.807) is 12.1 Å². The van der Waals surface area contributed by atoms with Gasteiger partial charge in [0.05, 0.1) is 10.2 Å². The van der Waals surface area contributed by atoms with E-state index in [1.165, 1.54) is 23.5 Å². The fraction of sp³-hybridized carbons (Fsp3) is 0.176. The molecule has 0 aliphatic rings. The zero-order valence-corrected chi connectivity index (χ0v) is 13.2. The molecular formula is C17H15FN2OS. The van der Waals surface area contributed by atoms with Gasteiger partial charge < -0.3 is 4.57 Å². The van der Waals surface area contributed by atoms with Gasteiger partial charge in [-0.25, -0.2) is 4.39 Å². The monoisotopic (exact) mass is 314 g/mol. The van der Waals surface area contributed by atoms with E-state index in [-0.39, 0.29) is 11.7 Å². The van der Waals surface area contributed by atoms with Gasteiger partial charge in [-0.2, -0.15) is 4.99 Å². The highest BCUT2D eigenvalue weighted by atomic mass is 32.1. The van der Waals surface area contributed by atoms with Crippen molar-refractivity contribution >= 4 is 27.5 Å². The second kappa shape index (κ2) is 5.85. The molecular weight excluding hydrogens is 299 g/mol. The van der Waals surface area contributed by atoms with Crippen LogP contribution in [0.1, 0.15) is 22.8 Å². The molecule has 3 rings (SSSR count). The van der Waals surface area contributed by atoms with Crippen molar-refractivity contribution in [1.29, 1.82) is 0 Å². The van der Waals surface area contributed by atoms with Crippen molar-refractivity contribution in [2.75, 3.05) is 0 Å². The summed E-state index contributed by atoms with van der Waals surface area (Å²) < 4.78 is 16.1. The fourth-order valence-corrected chi connectivity index (χ4v) is 3.52. The predicted molar refractivity (Wildman–Crippen MR) is 86.5 cm³/mol. The molecule has 0 radical (unpaired) electrons. The number of aryl methyl sites for hydroxylation is 2. The van der Waals surface area contributed by atoms with Gasteiger partial charge in [-0.05, 0) is 43.7 Å². The highest BCUT2D eigenvalue weighted by Crippen LogP contribution is 2.19. The number of rotatable bonds is 2. The van der Waals surface area contributed by atoms with Crippen LogP contribution in [0.4, 0.5) is 4.39 Å². The lowest BCUT2D eigenvalue weighted by atomic mass is 10.1. The lowest BCUT2D eigenvalue weighted by Gasteiger charge is -2.01. The second-order valence-electron chi connectivity index (χ2n) is 4.97. The lowest BCUT2D eigenvalue weighted by Crippen LogP contribution is -2.16. The van der Waals surface area contributed by atoms with Crippen molar-refractivity contribution in [3.05, 3.63) is 64.2 Å². The average Bonchev–Trinajstić information content (AvgIpc) is 2.83. The molecule has 5 heteroatoms. The minimum atomic E-state index is -0.284. The molecule has 0 unspecified atom stereocenters. The molecule has 3 nitrogen and oxygen atoms in total. The van der Waals surface area contributed by atoms with Crippen molar-refractivity contribution in [2.24, 2.45) is 4.99 Å². The van der Waals surface area contributed by atoms with Gasteiger partial charge in [-0.3, -0.25) is 4.79 Å². The molecule has 0 fully saturated rings. The summed E-state index contributed by atoms with van der Waals surface area (Å²) in [6, 6.07) is 12.0. The number of hydrogen-bond donors (Lipinski definition) is 0. The van der Waals surface area contributed by atoms with E-state index in [2.05, 4.69) is 4.99 Å². The van der Waals surface area contributed by atoms with Gasteiger partial charge in [-0.1, -0.05) is 29.5 Å². The first-order valence-electron chi connectivity index (χ1n) is 7.03. The highest BCUT2D eigenvalue weighted by molar-refractivity contribution is 7.16. The number of benzene rings is 2. The van der Waals surface area contributed by atoms with Crippen LogP contribution in [0, 0.1) is 12.7 Å². The molecule has 0 spiro atoms. The predicted octanol–water partition coefficient (Wildman–Crippen LogP) is 3.91. The van der Waals surface area contributed by atoms with E-state index in [4.69, 9.17) is 0 Å². The van der Waals surface area contributed by atoms with Crippen molar-refractivity contribution < 1.29 is 9.18 Å². The van der Waals surface area contributed by atoms with Crippen LogP contribution < -0.4 is 4.80 Å². The van der Waals surface area contributed by atoms with Crippen LogP contribution in [-0.4, -0.2) is 10.5 Å². The maximum absolute atomic E-state index is 13.4. The molecule has 1 aromatic heterocycles. The number of hydrogen-bond acceptors (Lipinski definition) is 2. The van der Waals surface area contributed by atoms with E-state index in [0.717, 1.165) is 15.8 Å². The topological polar surface area (TPSA) is 34.4 Å².